The van der Waals surface area contributed by atoms with Crippen LogP contribution in [0, 0.1) is 12.7 Å². The van der Waals surface area contributed by atoms with E-state index in [1.807, 2.05) is 0 Å². The molecule has 0 spiro atoms. The number of amides is 1. The molecular formula is C21H22FN3O4S. The van der Waals surface area contributed by atoms with Gasteiger partial charge in [0.05, 0.1) is 10.6 Å². The van der Waals surface area contributed by atoms with Gasteiger partial charge in [-0.05, 0) is 37.1 Å². The Labute approximate surface area is 174 Å². The highest BCUT2D eigenvalue weighted by atomic mass is 32.2. The molecule has 0 radical (unpaired) electrons. The highest BCUT2D eigenvalue weighted by Crippen LogP contribution is 2.19. The summed E-state index contributed by atoms with van der Waals surface area (Å²) < 4.78 is 43.1. The predicted octanol–water partition coefficient (Wildman–Crippen LogP) is 3.10. The Morgan fingerprint density at radius 1 is 1.17 bits per heavy atom. The number of benzene rings is 2. The molecule has 158 valence electrons. The first-order valence-corrected chi connectivity index (χ1v) is 11.1. The highest BCUT2D eigenvalue weighted by Gasteiger charge is 2.14. The maximum Gasteiger partial charge on any atom is 0.227 e. The molecule has 1 heterocycles. The quantitative estimate of drug-likeness (QED) is 0.523. The number of sulfone groups is 1. The van der Waals surface area contributed by atoms with Crippen molar-refractivity contribution >= 4 is 15.7 Å². The number of hydrogen-bond acceptors (Lipinski definition) is 6. The van der Waals surface area contributed by atoms with Crippen LogP contribution in [-0.4, -0.2) is 36.8 Å². The van der Waals surface area contributed by atoms with E-state index in [1.54, 1.807) is 49.4 Å². The molecule has 0 saturated carbocycles. The molecule has 0 atom stereocenters. The van der Waals surface area contributed by atoms with E-state index in [9.17, 15) is 17.6 Å². The van der Waals surface area contributed by atoms with Crippen molar-refractivity contribution < 1.29 is 22.1 Å². The van der Waals surface area contributed by atoms with Gasteiger partial charge >= 0.3 is 0 Å². The minimum atomic E-state index is -3.35. The molecule has 1 aromatic heterocycles. The normalized spacial score (nSPS) is 11.4. The summed E-state index contributed by atoms with van der Waals surface area (Å²) in [5, 5.41) is 6.50. The Balaban J connectivity index is 1.42. The number of carbonyl (C=O) groups is 1. The van der Waals surface area contributed by atoms with E-state index in [-0.39, 0.29) is 53.5 Å². The lowest BCUT2D eigenvalue weighted by atomic mass is 10.1. The summed E-state index contributed by atoms with van der Waals surface area (Å²) in [6.45, 7) is 1.92. The third-order valence-corrected chi connectivity index (χ3v) is 6.29. The van der Waals surface area contributed by atoms with Gasteiger partial charge in [0.2, 0.25) is 17.6 Å². The SMILES string of the molecule is Cc1ccc(-c2noc(CCC(=O)NCCCS(=O)(=O)c3ccccc3)n2)cc1F. The van der Waals surface area contributed by atoms with Gasteiger partial charge in [-0.1, -0.05) is 35.5 Å². The van der Waals surface area contributed by atoms with Crippen molar-refractivity contribution in [1.82, 2.24) is 15.5 Å². The van der Waals surface area contributed by atoms with Crippen molar-refractivity contribution in [3.05, 3.63) is 65.8 Å². The third-order valence-electron chi connectivity index (χ3n) is 4.48. The number of carbonyl (C=O) groups excluding carboxylic acids is 1. The molecule has 30 heavy (non-hydrogen) atoms. The first-order valence-electron chi connectivity index (χ1n) is 9.49. The molecule has 1 amide bonds. The van der Waals surface area contributed by atoms with E-state index in [2.05, 4.69) is 15.5 Å². The Kier molecular flexibility index (Phi) is 6.94. The van der Waals surface area contributed by atoms with Crippen LogP contribution in [0.5, 0.6) is 0 Å². The lowest BCUT2D eigenvalue weighted by Gasteiger charge is -2.06. The average Bonchev–Trinajstić information content (AvgIpc) is 3.21. The van der Waals surface area contributed by atoms with Crippen LogP contribution in [0.4, 0.5) is 4.39 Å². The molecule has 0 aliphatic heterocycles. The van der Waals surface area contributed by atoms with Crippen LogP contribution in [0.1, 0.15) is 24.3 Å². The van der Waals surface area contributed by atoms with Crippen LogP contribution in [0.25, 0.3) is 11.4 Å². The van der Waals surface area contributed by atoms with Crippen molar-refractivity contribution in [2.75, 3.05) is 12.3 Å². The molecule has 0 saturated heterocycles. The molecule has 7 nitrogen and oxygen atoms in total. The molecule has 0 aliphatic rings. The van der Waals surface area contributed by atoms with E-state index < -0.39 is 9.84 Å². The molecule has 3 aromatic rings. The third kappa shape index (κ3) is 5.73. The topological polar surface area (TPSA) is 102 Å². The second kappa shape index (κ2) is 9.62. The van der Waals surface area contributed by atoms with Crippen molar-refractivity contribution in [1.29, 1.82) is 0 Å². The van der Waals surface area contributed by atoms with Gasteiger partial charge in [0.15, 0.2) is 9.84 Å². The van der Waals surface area contributed by atoms with Crippen molar-refractivity contribution in [3.63, 3.8) is 0 Å². The average molecular weight is 431 g/mol. The first-order chi connectivity index (χ1) is 14.3. The van der Waals surface area contributed by atoms with Crippen LogP contribution in [0.3, 0.4) is 0 Å². The highest BCUT2D eigenvalue weighted by molar-refractivity contribution is 7.91. The molecule has 0 fully saturated rings. The Bertz CT molecular complexity index is 1110. The summed E-state index contributed by atoms with van der Waals surface area (Å²) in [7, 11) is -3.35. The summed E-state index contributed by atoms with van der Waals surface area (Å²) in [6.07, 6.45) is 0.664. The fourth-order valence-electron chi connectivity index (χ4n) is 2.75. The van der Waals surface area contributed by atoms with Gasteiger partial charge in [-0.25, -0.2) is 12.8 Å². The molecule has 0 aliphatic carbocycles. The van der Waals surface area contributed by atoms with E-state index in [4.69, 9.17) is 4.52 Å². The number of rotatable bonds is 9. The van der Waals surface area contributed by atoms with Gasteiger partial charge in [-0.3, -0.25) is 4.79 Å². The summed E-state index contributed by atoms with van der Waals surface area (Å²) in [6, 6.07) is 12.9. The number of nitrogens with zero attached hydrogens (tertiary/aromatic N) is 2. The molecule has 0 unspecified atom stereocenters. The van der Waals surface area contributed by atoms with E-state index >= 15 is 0 Å². The lowest BCUT2D eigenvalue weighted by Crippen LogP contribution is -2.26. The smallest absolute Gasteiger partial charge is 0.227 e. The van der Waals surface area contributed by atoms with Crippen LogP contribution >= 0.6 is 0 Å². The molecule has 9 heteroatoms. The lowest BCUT2D eigenvalue weighted by molar-refractivity contribution is -0.121. The van der Waals surface area contributed by atoms with E-state index in [0.717, 1.165) is 0 Å². The van der Waals surface area contributed by atoms with Crippen LogP contribution in [0.2, 0.25) is 0 Å². The maximum atomic E-state index is 13.7. The zero-order valence-corrected chi connectivity index (χ0v) is 17.3. The largest absolute Gasteiger partial charge is 0.356 e. The number of aromatic nitrogens is 2. The van der Waals surface area contributed by atoms with Crippen LogP contribution in [0.15, 0.2) is 57.9 Å². The van der Waals surface area contributed by atoms with Gasteiger partial charge in [0, 0.05) is 24.9 Å². The number of hydrogen-bond donors (Lipinski definition) is 1. The minimum absolute atomic E-state index is 0.0442. The number of nitrogens with one attached hydrogen (secondary N) is 1. The molecule has 2 aromatic carbocycles. The van der Waals surface area contributed by atoms with Gasteiger partial charge in [0.1, 0.15) is 5.82 Å². The second-order valence-corrected chi connectivity index (χ2v) is 8.92. The first kappa shape index (κ1) is 21.6. The molecule has 3 rings (SSSR count). The van der Waals surface area contributed by atoms with Gasteiger partial charge < -0.3 is 9.84 Å². The summed E-state index contributed by atoms with van der Waals surface area (Å²) in [5.74, 6) is -0.110. The molecule has 1 N–H and O–H groups in total. The fourth-order valence-corrected chi connectivity index (χ4v) is 4.08. The standard InChI is InChI=1S/C21H22FN3O4S/c1-15-8-9-16(14-18(15)22)21-24-20(29-25-21)11-10-19(26)23-12-5-13-30(27,28)17-6-3-2-4-7-17/h2-4,6-9,14H,5,10-13H2,1H3,(H,23,26). The Hall–Kier alpha value is -3.07. The monoisotopic (exact) mass is 431 g/mol. The Morgan fingerprint density at radius 2 is 1.93 bits per heavy atom. The minimum Gasteiger partial charge on any atom is -0.356 e. The Morgan fingerprint density at radius 3 is 2.67 bits per heavy atom. The van der Waals surface area contributed by atoms with Gasteiger partial charge in [-0.2, -0.15) is 4.98 Å². The van der Waals surface area contributed by atoms with Crippen LogP contribution in [-0.2, 0) is 21.1 Å². The van der Waals surface area contributed by atoms with Crippen molar-refractivity contribution in [2.24, 2.45) is 0 Å². The number of halogens is 1. The summed E-state index contributed by atoms with van der Waals surface area (Å²) in [5.41, 5.74) is 1.02. The zero-order valence-electron chi connectivity index (χ0n) is 16.5. The van der Waals surface area contributed by atoms with E-state index in [0.29, 0.717) is 17.5 Å². The van der Waals surface area contributed by atoms with Gasteiger partial charge in [-0.15, -0.1) is 0 Å². The van der Waals surface area contributed by atoms with Gasteiger partial charge in [0.25, 0.3) is 0 Å². The summed E-state index contributed by atoms with van der Waals surface area (Å²) in [4.78, 5) is 16.4. The number of aryl methyl sites for hydroxylation is 2. The molecule has 0 bridgehead atoms. The van der Waals surface area contributed by atoms with Crippen LogP contribution < -0.4 is 5.32 Å². The predicted molar refractivity (Wildman–Crippen MR) is 109 cm³/mol. The summed E-state index contributed by atoms with van der Waals surface area (Å²) >= 11 is 0. The van der Waals surface area contributed by atoms with Crippen molar-refractivity contribution in [3.8, 4) is 11.4 Å². The second-order valence-electron chi connectivity index (χ2n) is 6.81. The molecular weight excluding hydrogens is 409 g/mol. The maximum absolute atomic E-state index is 13.7. The van der Waals surface area contributed by atoms with E-state index in [1.165, 1.54) is 6.07 Å². The zero-order chi connectivity index (χ0) is 21.6. The van der Waals surface area contributed by atoms with Crippen molar-refractivity contribution in [2.45, 2.75) is 31.1 Å². The fraction of sp³-hybridized carbons (Fsp3) is 0.286.